The molecule has 2 amide bonds. The van der Waals surface area contributed by atoms with Gasteiger partial charge in [-0.1, -0.05) is 25.4 Å². The monoisotopic (exact) mass is 462 g/mol. The van der Waals surface area contributed by atoms with Crippen molar-refractivity contribution in [2.24, 2.45) is 11.8 Å². The van der Waals surface area contributed by atoms with Crippen molar-refractivity contribution in [1.82, 2.24) is 9.80 Å². The minimum Gasteiger partial charge on any atom is -0.493 e. The summed E-state index contributed by atoms with van der Waals surface area (Å²) in [5, 5.41) is 0.455. The first-order valence-corrected chi connectivity index (χ1v) is 12.1. The van der Waals surface area contributed by atoms with Crippen molar-refractivity contribution >= 4 is 29.5 Å². The smallest absolute Gasteiger partial charge is 0.246 e. The number of rotatable bonds is 7. The molecule has 1 aromatic rings. The molecular formula is C25H35ClN2O4. The van der Waals surface area contributed by atoms with E-state index in [1.807, 2.05) is 22.8 Å². The molecular weight excluding hydrogens is 428 g/mol. The van der Waals surface area contributed by atoms with Crippen LogP contribution in [0.25, 0.3) is 6.08 Å². The Morgan fingerprint density at radius 1 is 1.16 bits per heavy atom. The lowest BCUT2D eigenvalue weighted by Gasteiger charge is -2.37. The average molecular weight is 463 g/mol. The van der Waals surface area contributed by atoms with E-state index >= 15 is 0 Å². The molecule has 1 aromatic carbocycles. The van der Waals surface area contributed by atoms with Crippen LogP contribution in [0.4, 0.5) is 0 Å². The Balaban J connectivity index is 1.55. The summed E-state index contributed by atoms with van der Waals surface area (Å²) in [4.78, 5) is 29.4. The third kappa shape index (κ3) is 6.18. The Morgan fingerprint density at radius 2 is 1.91 bits per heavy atom. The van der Waals surface area contributed by atoms with Crippen molar-refractivity contribution in [2.45, 2.75) is 46.0 Å². The summed E-state index contributed by atoms with van der Waals surface area (Å²) in [6.07, 6.45) is 7.93. The van der Waals surface area contributed by atoms with E-state index in [9.17, 15) is 9.59 Å². The lowest BCUT2D eigenvalue weighted by Crippen LogP contribution is -2.46. The fourth-order valence-electron chi connectivity index (χ4n) is 4.45. The van der Waals surface area contributed by atoms with Gasteiger partial charge < -0.3 is 19.3 Å². The van der Waals surface area contributed by atoms with Gasteiger partial charge in [-0.2, -0.15) is 0 Å². The Morgan fingerprint density at radius 3 is 2.56 bits per heavy atom. The molecule has 32 heavy (non-hydrogen) atoms. The Kier molecular flexibility index (Phi) is 8.85. The number of ether oxygens (including phenoxy) is 2. The molecule has 0 aliphatic carbocycles. The van der Waals surface area contributed by atoms with Crippen LogP contribution in [-0.4, -0.2) is 61.5 Å². The van der Waals surface area contributed by atoms with Crippen LogP contribution in [0.5, 0.6) is 11.5 Å². The molecule has 0 N–H and O–H groups in total. The summed E-state index contributed by atoms with van der Waals surface area (Å²) in [7, 11) is 1.57. The van der Waals surface area contributed by atoms with Gasteiger partial charge in [-0.15, -0.1) is 0 Å². The van der Waals surface area contributed by atoms with Gasteiger partial charge in [0, 0.05) is 38.2 Å². The van der Waals surface area contributed by atoms with Crippen LogP contribution in [0.2, 0.25) is 5.02 Å². The van der Waals surface area contributed by atoms with Crippen molar-refractivity contribution in [3.05, 3.63) is 28.8 Å². The van der Waals surface area contributed by atoms with Gasteiger partial charge in [-0.3, -0.25) is 9.59 Å². The third-order valence-corrected chi connectivity index (χ3v) is 6.53. The van der Waals surface area contributed by atoms with Crippen molar-refractivity contribution in [3.63, 3.8) is 0 Å². The van der Waals surface area contributed by atoms with Gasteiger partial charge in [-0.05, 0) is 61.8 Å². The highest BCUT2D eigenvalue weighted by Gasteiger charge is 2.31. The van der Waals surface area contributed by atoms with E-state index in [-0.39, 0.29) is 17.7 Å². The number of halogens is 1. The highest BCUT2D eigenvalue weighted by atomic mass is 35.5. The predicted molar refractivity (Wildman–Crippen MR) is 127 cm³/mol. The van der Waals surface area contributed by atoms with Gasteiger partial charge in [-0.25, -0.2) is 0 Å². The molecule has 0 bridgehead atoms. The molecule has 0 radical (unpaired) electrons. The summed E-state index contributed by atoms with van der Waals surface area (Å²) in [6, 6.07) is 3.58. The molecule has 176 valence electrons. The number of likely N-dealkylation sites (tertiary alicyclic amines) is 2. The summed E-state index contributed by atoms with van der Waals surface area (Å²) < 4.78 is 11.1. The number of methoxy groups -OCH3 is 1. The first-order valence-electron chi connectivity index (χ1n) is 11.7. The first-order chi connectivity index (χ1) is 15.4. The first kappa shape index (κ1) is 24.4. The van der Waals surface area contributed by atoms with E-state index in [2.05, 4.69) is 6.92 Å². The van der Waals surface area contributed by atoms with Crippen LogP contribution >= 0.6 is 11.6 Å². The highest BCUT2D eigenvalue weighted by Crippen LogP contribution is 2.37. The number of nitrogens with zero attached hydrogens (tertiary/aromatic N) is 2. The maximum absolute atomic E-state index is 12.8. The molecule has 2 fully saturated rings. The van der Waals surface area contributed by atoms with E-state index in [0.717, 1.165) is 44.3 Å². The fraction of sp³-hybridized carbons (Fsp3) is 0.600. The van der Waals surface area contributed by atoms with E-state index in [4.69, 9.17) is 21.1 Å². The predicted octanol–water partition coefficient (Wildman–Crippen LogP) is 4.65. The zero-order chi connectivity index (χ0) is 23.1. The standard InChI is InChI=1S/C25H35ClN2O4/c1-4-14-32-24-21(26)15-19(16-22(24)31-3)7-8-23(29)27-12-9-20(10-13-27)25(30)28-11-5-6-18(2)17-28/h7-8,15-16,18,20H,4-6,9-14,17H2,1-3H3. The van der Waals surface area contributed by atoms with Crippen molar-refractivity contribution < 1.29 is 19.1 Å². The normalized spacial score (nSPS) is 19.9. The summed E-state index contributed by atoms with van der Waals surface area (Å²) in [6.45, 7) is 7.75. The topological polar surface area (TPSA) is 59.1 Å². The van der Waals surface area contributed by atoms with E-state index in [0.29, 0.717) is 42.1 Å². The molecule has 0 aromatic heterocycles. The molecule has 2 saturated heterocycles. The lowest BCUT2D eigenvalue weighted by atomic mass is 9.92. The lowest BCUT2D eigenvalue weighted by molar-refractivity contribution is -0.140. The van der Waals surface area contributed by atoms with Gasteiger partial charge in [0.1, 0.15) is 0 Å². The highest BCUT2D eigenvalue weighted by molar-refractivity contribution is 6.32. The third-order valence-electron chi connectivity index (χ3n) is 6.25. The van der Waals surface area contributed by atoms with E-state index in [1.165, 1.54) is 6.42 Å². The van der Waals surface area contributed by atoms with Gasteiger partial charge in [0.05, 0.1) is 18.7 Å². The van der Waals surface area contributed by atoms with Crippen LogP contribution in [0.3, 0.4) is 0 Å². The van der Waals surface area contributed by atoms with Crippen LogP contribution < -0.4 is 9.47 Å². The molecule has 1 atom stereocenters. The zero-order valence-corrected chi connectivity index (χ0v) is 20.2. The number of amides is 2. The number of benzene rings is 1. The van der Waals surface area contributed by atoms with Gasteiger partial charge >= 0.3 is 0 Å². The molecule has 2 heterocycles. The van der Waals surface area contributed by atoms with Crippen molar-refractivity contribution in [2.75, 3.05) is 39.9 Å². The van der Waals surface area contributed by atoms with Gasteiger partial charge in [0.2, 0.25) is 11.8 Å². The van der Waals surface area contributed by atoms with E-state index < -0.39 is 0 Å². The molecule has 2 aliphatic rings. The number of hydrogen-bond donors (Lipinski definition) is 0. The van der Waals surface area contributed by atoms with Crippen LogP contribution in [0.1, 0.15) is 51.5 Å². The van der Waals surface area contributed by atoms with Gasteiger partial charge in [0.25, 0.3) is 0 Å². The second kappa shape index (κ2) is 11.6. The number of carbonyl (C=O) groups excluding carboxylic acids is 2. The maximum Gasteiger partial charge on any atom is 0.246 e. The Hall–Kier alpha value is -2.21. The zero-order valence-electron chi connectivity index (χ0n) is 19.4. The molecule has 0 spiro atoms. The second-order valence-corrected chi connectivity index (χ2v) is 9.25. The molecule has 2 aliphatic heterocycles. The van der Waals surface area contributed by atoms with Crippen molar-refractivity contribution in [1.29, 1.82) is 0 Å². The Labute approximate surface area is 196 Å². The molecule has 7 heteroatoms. The van der Waals surface area contributed by atoms with Crippen LogP contribution in [0.15, 0.2) is 18.2 Å². The molecule has 6 nitrogen and oxygen atoms in total. The second-order valence-electron chi connectivity index (χ2n) is 8.85. The maximum atomic E-state index is 12.8. The number of hydrogen-bond acceptors (Lipinski definition) is 4. The summed E-state index contributed by atoms with van der Waals surface area (Å²) >= 11 is 6.36. The number of piperidine rings is 2. The van der Waals surface area contributed by atoms with Gasteiger partial charge in [0.15, 0.2) is 11.5 Å². The quantitative estimate of drug-likeness (QED) is 0.553. The molecule has 0 saturated carbocycles. The molecule has 3 rings (SSSR count). The number of carbonyl (C=O) groups is 2. The van der Waals surface area contributed by atoms with Crippen LogP contribution in [-0.2, 0) is 9.59 Å². The van der Waals surface area contributed by atoms with Crippen LogP contribution in [0, 0.1) is 11.8 Å². The molecule has 1 unspecified atom stereocenters. The fourth-order valence-corrected chi connectivity index (χ4v) is 4.72. The average Bonchev–Trinajstić information content (AvgIpc) is 2.81. The summed E-state index contributed by atoms with van der Waals surface area (Å²) in [5.74, 6) is 1.90. The van der Waals surface area contributed by atoms with Crippen molar-refractivity contribution in [3.8, 4) is 11.5 Å². The minimum atomic E-state index is -0.0520. The summed E-state index contributed by atoms with van der Waals surface area (Å²) in [5.41, 5.74) is 0.772. The Bertz CT molecular complexity index is 833. The van der Waals surface area contributed by atoms with E-state index in [1.54, 1.807) is 25.3 Å². The minimum absolute atomic E-state index is 0.0343. The SMILES string of the molecule is CCCOc1c(Cl)cc(C=CC(=O)N2CCC(C(=O)N3CCCC(C)C3)CC2)cc1OC. The largest absolute Gasteiger partial charge is 0.493 e.